The van der Waals surface area contributed by atoms with Crippen LogP contribution in [0.2, 0.25) is 0 Å². The Kier molecular flexibility index (Phi) is 4.49. The van der Waals surface area contributed by atoms with Crippen LogP contribution in [-0.4, -0.2) is 38.7 Å². The summed E-state index contributed by atoms with van der Waals surface area (Å²) in [6.45, 7) is 0. The Hall–Kier alpha value is -2.09. The lowest BCUT2D eigenvalue weighted by Gasteiger charge is -2.32. The monoisotopic (exact) mass is 356 g/mol. The van der Waals surface area contributed by atoms with E-state index in [-0.39, 0.29) is 28.0 Å². The Morgan fingerprint density at radius 2 is 1.92 bits per heavy atom. The van der Waals surface area contributed by atoms with E-state index in [4.69, 9.17) is 0 Å². The fourth-order valence-corrected chi connectivity index (χ4v) is 3.43. The second kappa shape index (κ2) is 6.33. The van der Waals surface area contributed by atoms with Crippen molar-refractivity contribution in [3.63, 3.8) is 0 Å². The largest absolute Gasteiger partial charge is 0.508 e. The van der Waals surface area contributed by atoms with Crippen molar-refractivity contribution in [2.24, 2.45) is 11.0 Å². The molecular weight excluding hydrogens is 337 g/mol. The van der Waals surface area contributed by atoms with Crippen LogP contribution in [0.15, 0.2) is 29.4 Å². The zero-order valence-electron chi connectivity index (χ0n) is 13.5. The molecule has 2 N–H and O–H groups in total. The van der Waals surface area contributed by atoms with Gasteiger partial charge in [0.2, 0.25) is 0 Å². The van der Waals surface area contributed by atoms with Crippen LogP contribution in [0.5, 0.6) is 5.75 Å². The molecule has 8 heteroatoms. The van der Waals surface area contributed by atoms with E-state index in [0.717, 1.165) is 25.3 Å². The summed E-state index contributed by atoms with van der Waals surface area (Å²) in [6, 6.07) is 4.96. The number of alkyl halides is 3. The third-order valence-corrected chi connectivity index (χ3v) is 4.82. The van der Waals surface area contributed by atoms with E-state index in [1.54, 1.807) is 0 Å². The molecule has 1 aromatic carbocycles. The molecule has 25 heavy (non-hydrogen) atoms. The fraction of sp³-hybridized carbons (Fsp3) is 0.529. The molecule has 1 aliphatic heterocycles. The number of aliphatic hydroxyl groups is 1. The number of hydrogen-bond donors (Lipinski definition) is 2. The summed E-state index contributed by atoms with van der Waals surface area (Å²) in [5.41, 5.74) is -3.31. The summed E-state index contributed by atoms with van der Waals surface area (Å²) in [6.07, 6.45) is -1.53. The van der Waals surface area contributed by atoms with Gasteiger partial charge in [-0.25, -0.2) is 0 Å². The van der Waals surface area contributed by atoms with Gasteiger partial charge in [-0.05, 0) is 37.0 Å². The van der Waals surface area contributed by atoms with Crippen LogP contribution < -0.4 is 0 Å². The Labute approximate surface area is 142 Å². The topological polar surface area (TPSA) is 73.1 Å². The van der Waals surface area contributed by atoms with Crippen molar-refractivity contribution in [3.05, 3.63) is 29.8 Å². The van der Waals surface area contributed by atoms with E-state index >= 15 is 0 Å². The molecule has 2 aliphatic rings. The smallest absolute Gasteiger partial charge is 0.438 e. The molecule has 0 aromatic heterocycles. The van der Waals surface area contributed by atoms with E-state index in [0.29, 0.717) is 12.8 Å². The van der Waals surface area contributed by atoms with Crippen molar-refractivity contribution < 1.29 is 28.2 Å². The lowest BCUT2D eigenvalue weighted by atomic mass is 9.83. The van der Waals surface area contributed by atoms with E-state index in [2.05, 4.69) is 5.10 Å². The molecule has 0 bridgehead atoms. The van der Waals surface area contributed by atoms with Crippen LogP contribution >= 0.6 is 0 Å². The van der Waals surface area contributed by atoms with Gasteiger partial charge in [0.25, 0.3) is 11.6 Å². The summed E-state index contributed by atoms with van der Waals surface area (Å²) in [7, 11) is 0. The lowest BCUT2D eigenvalue weighted by molar-refractivity contribution is -0.297. The number of phenolic OH excluding ortho intramolecular Hbond substituents is 1. The first-order chi connectivity index (χ1) is 11.7. The molecule has 1 unspecified atom stereocenters. The van der Waals surface area contributed by atoms with Crippen molar-refractivity contribution in [2.75, 3.05) is 0 Å². The van der Waals surface area contributed by atoms with Gasteiger partial charge in [-0.1, -0.05) is 25.3 Å². The van der Waals surface area contributed by atoms with Crippen LogP contribution in [0, 0.1) is 5.92 Å². The van der Waals surface area contributed by atoms with E-state index < -0.39 is 24.2 Å². The third kappa shape index (κ3) is 3.22. The normalized spacial score (nSPS) is 25.1. The number of benzene rings is 1. The van der Waals surface area contributed by atoms with Gasteiger partial charge < -0.3 is 10.2 Å². The minimum Gasteiger partial charge on any atom is -0.508 e. The number of halogens is 3. The second-order valence-electron chi connectivity index (χ2n) is 6.58. The van der Waals surface area contributed by atoms with Crippen molar-refractivity contribution in [2.45, 2.75) is 50.4 Å². The lowest BCUT2D eigenvalue weighted by Crippen LogP contribution is -2.56. The highest BCUT2D eigenvalue weighted by molar-refractivity contribution is 5.99. The summed E-state index contributed by atoms with van der Waals surface area (Å²) >= 11 is 0. The maximum Gasteiger partial charge on any atom is 0.438 e. The molecule has 0 radical (unpaired) electrons. The van der Waals surface area contributed by atoms with Gasteiger partial charge in [-0.2, -0.15) is 23.3 Å². The summed E-state index contributed by atoms with van der Waals surface area (Å²) in [5, 5.41) is 23.8. The SMILES string of the molecule is O=C(c1cccc(O)c1)N1N=C(C2CCCCC2)CC1(O)C(F)(F)F. The van der Waals surface area contributed by atoms with E-state index in [1.165, 1.54) is 18.2 Å². The number of nitrogens with zero attached hydrogens (tertiary/aromatic N) is 2. The summed E-state index contributed by atoms with van der Waals surface area (Å²) in [5.74, 6) is -1.50. The zero-order valence-corrected chi connectivity index (χ0v) is 13.5. The van der Waals surface area contributed by atoms with Crippen molar-refractivity contribution in [1.82, 2.24) is 5.01 Å². The van der Waals surface area contributed by atoms with Crippen LogP contribution in [-0.2, 0) is 0 Å². The predicted octanol–water partition coefficient (Wildman–Crippen LogP) is 3.43. The number of hydrazone groups is 1. The molecule has 5 nitrogen and oxygen atoms in total. The molecule has 136 valence electrons. The van der Waals surface area contributed by atoms with E-state index in [9.17, 15) is 28.2 Å². The molecule has 1 fully saturated rings. The fourth-order valence-electron chi connectivity index (χ4n) is 3.43. The predicted molar refractivity (Wildman–Crippen MR) is 83.9 cm³/mol. The molecule has 3 rings (SSSR count). The molecule has 1 aliphatic carbocycles. The average molecular weight is 356 g/mol. The Bertz CT molecular complexity index is 699. The maximum absolute atomic E-state index is 13.5. The third-order valence-electron chi connectivity index (χ3n) is 4.82. The van der Waals surface area contributed by atoms with E-state index in [1.807, 2.05) is 0 Å². The summed E-state index contributed by atoms with van der Waals surface area (Å²) in [4.78, 5) is 12.5. The zero-order chi connectivity index (χ0) is 18.2. The number of aromatic hydroxyl groups is 1. The number of carbonyl (C=O) groups is 1. The quantitative estimate of drug-likeness (QED) is 0.853. The number of amides is 1. The Morgan fingerprint density at radius 1 is 1.24 bits per heavy atom. The van der Waals surface area contributed by atoms with Gasteiger partial charge in [-0.15, -0.1) is 0 Å². The molecule has 0 saturated heterocycles. The molecule has 1 atom stereocenters. The standard InChI is InChI=1S/C17H19F3N2O3/c18-17(19,20)16(25)10-14(11-5-2-1-3-6-11)21-22(16)15(24)12-7-4-8-13(23)9-12/h4,7-9,11,23,25H,1-3,5-6,10H2. The number of rotatable bonds is 2. The van der Waals surface area contributed by atoms with Crippen LogP contribution in [0.4, 0.5) is 13.2 Å². The van der Waals surface area contributed by atoms with Crippen molar-refractivity contribution >= 4 is 11.6 Å². The number of carbonyl (C=O) groups excluding carboxylic acids is 1. The molecule has 1 aromatic rings. The first-order valence-electron chi connectivity index (χ1n) is 8.22. The number of hydrogen-bond acceptors (Lipinski definition) is 4. The highest BCUT2D eigenvalue weighted by Crippen LogP contribution is 2.43. The number of phenols is 1. The van der Waals surface area contributed by atoms with Gasteiger partial charge in [0.1, 0.15) is 5.75 Å². The Morgan fingerprint density at radius 3 is 2.52 bits per heavy atom. The molecular formula is C17H19F3N2O3. The molecule has 1 amide bonds. The summed E-state index contributed by atoms with van der Waals surface area (Å²) < 4.78 is 40.6. The highest BCUT2D eigenvalue weighted by atomic mass is 19.4. The first-order valence-corrected chi connectivity index (χ1v) is 8.22. The van der Waals surface area contributed by atoms with Crippen LogP contribution in [0.1, 0.15) is 48.9 Å². The van der Waals surface area contributed by atoms with Crippen LogP contribution in [0.25, 0.3) is 0 Å². The average Bonchev–Trinajstić information content (AvgIpc) is 2.94. The highest BCUT2D eigenvalue weighted by Gasteiger charge is 2.63. The molecule has 1 heterocycles. The van der Waals surface area contributed by atoms with Gasteiger partial charge >= 0.3 is 6.18 Å². The minimum absolute atomic E-state index is 0.131. The minimum atomic E-state index is -5.04. The van der Waals surface area contributed by atoms with Gasteiger partial charge in [0.05, 0.1) is 0 Å². The molecule has 0 spiro atoms. The first kappa shape index (κ1) is 17.7. The Balaban J connectivity index is 1.96. The second-order valence-corrected chi connectivity index (χ2v) is 6.58. The molecule has 1 saturated carbocycles. The van der Waals surface area contributed by atoms with Gasteiger partial charge in [-0.3, -0.25) is 4.79 Å². The van der Waals surface area contributed by atoms with Crippen LogP contribution in [0.3, 0.4) is 0 Å². The van der Waals surface area contributed by atoms with Gasteiger partial charge in [0, 0.05) is 17.7 Å². The maximum atomic E-state index is 13.5. The van der Waals surface area contributed by atoms with Gasteiger partial charge in [0.15, 0.2) is 0 Å². The van der Waals surface area contributed by atoms with Crippen molar-refractivity contribution in [3.8, 4) is 5.75 Å². The van der Waals surface area contributed by atoms with Crippen molar-refractivity contribution in [1.29, 1.82) is 0 Å².